The Balaban J connectivity index is 1.43. The van der Waals surface area contributed by atoms with Crippen LogP contribution in [0.2, 0.25) is 0 Å². The first-order valence-corrected chi connectivity index (χ1v) is 17.0. The van der Waals surface area contributed by atoms with Gasteiger partial charge in [0.2, 0.25) is 6.71 Å². The molecule has 0 fully saturated rings. The predicted molar refractivity (Wildman–Crippen MR) is 198 cm³/mol. The van der Waals surface area contributed by atoms with E-state index in [9.17, 15) is 0 Å². The minimum atomic E-state index is 0.217. The van der Waals surface area contributed by atoms with Crippen molar-refractivity contribution in [2.24, 2.45) is 0 Å². The van der Waals surface area contributed by atoms with E-state index in [0.29, 0.717) is 11.8 Å². The Morgan fingerprint density at radius 3 is 2.09 bits per heavy atom. The van der Waals surface area contributed by atoms with Crippen molar-refractivity contribution >= 4 is 71.7 Å². The zero-order valence-corrected chi connectivity index (χ0v) is 27.0. The molecule has 0 aliphatic carbocycles. The lowest BCUT2D eigenvalue weighted by Gasteiger charge is -2.39. The van der Waals surface area contributed by atoms with E-state index in [0.717, 1.165) is 0 Å². The quantitative estimate of drug-likeness (QED) is 0.183. The number of rotatable bonds is 4. The van der Waals surface area contributed by atoms with Crippen LogP contribution >= 0.6 is 11.3 Å². The summed E-state index contributed by atoms with van der Waals surface area (Å²) in [4.78, 5) is 2.64. The molecule has 0 saturated carbocycles. The van der Waals surface area contributed by atoms with E-state index in [1.54, 1.807) is 0 Å². The van der Waals surface area contributed by atoms with Gasteiger partial charge in [0.15, 0.2) is 0 Å². The molecule has 6 aromatic carbocycles. The van der Waals surface area contributed by atoms with Crippen molar-refractivity contribution in [2.45, 2.75) is 39.5 Å². The fourth-order valence-electron chi connectivity index (χ4n) is 8.08. The lowest BCUT2D eigenvalue weighted by molar-refractivity contribution is 0.855. The van der Waals surface area contributed by atoms with Gasteiger partial charge in [-0.25, -0.2) is 0 Å². The molecule has 0 atom stereocenters. The zero-order chi connectivity index (χ0) is 30.4. The largest absolute Gasteiger partial charge is 0.311 e. The topological polar surface area (TPSA) is 3.24 Å². The van der Waals surface area contributed by atoms with Crippen LogP contribution in [0.25, 0.3) is 42.4 Å². The van der Waals surface area contributed by atoms with E-state index in [2.05, 4.69) is 154 Å². The number of anilines is 3. The summed E-state index contributed by atoms with van der Waals surface area (Å²) in [5.74, 6) is 0.786. The molecule has 3 heterocycles. The average molecular weight is 596 g/mol. The Kier molecular flexibility index (Phi) is 5.92. The molecule has 45 heavy (non-hydrogen) atoms. The highest BCUT2D eigenvalue weighted by atomic mass is 32.1. The maximum atomic E-state index is 2.64. The standard InChI is InChI=1S/C42H34BNS/c1-25(2)28-13-6-9-20-36(28)44-37-24-27(30-17-12-22-39-40(30)32-15-7-10-21-38(32)45-39)23-33-31-14-5-8-18-34(31)43(41(33)37)35-19-11-16-29(26(3)4)42(35)44/h5-26H,1-4H3. The minimum absolute atomic E-state index is 0.217. The van der Waals surface area contributed by atoms with Gasteiger partial charge in [0.05, 0.1) is 0 Å². The first kappa shape index (κ1) is 26.8. The molecule has 0 amide bonds. The first-order chi connectivity index (χ1) is 22.0. The fourth-order valence-corrected chi connectivity index (χ4v) is 9.21. The molecular formula is C42H34BNS. The van der Waals surface area contributed by atoms with Crippen molar-refractivity contribution in [3.8, 4) is 22.3 Å². The Morgan fingerprint density at radius 2 is 1.22 bits per heavy atom. The number of hydrogen-bond donors (Lipinski definition) is 0. The van der Waals surface area contributed by atoms with Crippen LogP contribution in [0.3, 0.4) is 0 Å². The van der Waals surface area contributed by atoms with Gasteiger partial charge in [-0.05, 0) is 86.5 Å². The number of para-hydroxylation sites is 2. The highest BCUT2D eigenvalue weighted by molar-refractivity contribution is 7.26. The second-order valence-electron chi connectivity index (χ2n) is 13.2. The van der Waals surface area contributed by atoms with Gasteiger partial charge in [-0.3, -0.25) is 0 Å². The molecule has 0 unspecified atom stereocenters. The summed E-state index contributed by atoms with van der Waals surface area (Å²) in [5, 5.41) is 2.70. The van der Waals surface area contributed by atoms with Gasteiger partial charge < -0.3 is 4.90 Å². The monoisotopic (exact) mass is 595 g/mol. The molecule has 0 saturated heterocycles. The third-order valence-corrected chi connectivity index (χ3v) is 11.2. The Bertz CT molecular complexity index is 2310. The van der Waals surface area contributed by atoms with Crippen molar-refractivity contribution in [2.75, 3.05) is 4.90 Å². The molecule has 7 aromatic rings. The van der Waals surface area contributed by atoms with Crippen molar-refractivity contribution in [3.05, 3.63) is 132 Å². The first-order valence-electron chi connectivity index (χ1n) is 16.2. The summed E-state index contributed by atoms with van der Waals surface area (Å²) in [6.45, 7) is 9.53. The second kappa shape index (κ2) is 9.96. The summed E-state index contributed by atoms with van der Waals surface area (Å²) in [5.41, 5.74) is 16.3. The highest BCUT2D eigenvalue weighted by Crippen LogP contribution is 2.48. The summed E-state index contributed by atoms with van der Waals surface area (Å²) < 4.78 is 2.69. The number of benzene rings is 6. The molecule has 9 rings (SSSR count). The van der Waals surface area contributed by atoms with Gasteiger partial charge in [-0.2, -0.15) is 0 Å². The van der Waals surface area contributed by atoms with Crippen molar-refractivity contribution < 1.29 is 0 Å². The predicted octanol–water partition coefficient (Wildman–Crippen LogP) is 10.2. The lowest BCUT2D eigenvalue weighted by atomic mass is 9.37. The van der Waals surface area contributed by atoms with Crippen LogP contribution in [0, 0.1) is 0 Å². The SMILES string of the molecule is CC(C)c1ccccc1N1c2cc(-c3cccc4sc5ccccc5c34)cc3c2B(c2ccccc2-3)c2cccc(C(C)C)c21. The average Bonchev–Trinajstić information content (AvgIpc) is 3.61. The highest BCUT2D eigenvalue weighted by Gasteiger charge is 2.44. The van der Waals surface area contributed by atoms with Gasteiger partial charge in [0.25, 0.3) is 0 Å². The number of fused-ring (bicyclic) bond motifs is 8. The Morgan fingerprint density at radius 1 is 0.556 bits per heavy atom. The molecule has 0 radical (unpaired) electrons. The van der Waals surface area contributed by atoms with Crippen molar-refractivity contribution in [1.29, 1.82) is 0 Å². The van der Waals surface area contributed by atoms with Crippen LogP contribution in [0.15, 0.2) is 121 Å². The van der Waals surface area contributed by atoms with E-state index in [1.165, 1.54) is 87.0 Å². The van der Waals surface area contributed by atoms with Crippen molar-refractivity contribution in [3.63, 3.8) is 0 Å². The molecule has 0 N–H and O–H groups in total. The van der Waals surface area contributed by atoms with E-state index >= 15 is 0 Å². The second-order valence-corrected chi connectivity index (χ2v) is 14.3. The minimum Gasteiger partial charge on any atom is -0.311 e. The van der Waals surface area contributed by atoms with E-state index in [4.69, 9.17) is 0 Å². The van der Waals surface area contributed by atoms with E-state index in [-0.39, 0.29) is 6.71 Å². The van der Waals surface area contributed by atoms with Gasteiger partial charge in [0.1, 0.15) is 0 Å². The molecule has 0 spiro atoms. The number of nitrogens with zero attached hydrogens (tertiary/aromatic N) is 1. The Labute approximate surface area is 269 Å². The van der Waals surface area contributed by atoms with Gasteiger partial charge in [-0.1, -0.05) is 124 Å². The molecular weight excluding hydrogens is 561 g/mol. The van der Waals surface area contributed by atoms with Crippen LogP contribution in [0.1, 0.15) is 50.7 Å². The van der Waals surface area contributed by atoms with Crippen LogP contribution in [0.5, 0.6) is 0 Å². The summed E-state index contributed by atoms with van der Waals surface area (Å²) in [6.07, 6.45) is 0. The van der Waals surface area contributed by atoms with E-state index in [1.807, 2.05) is 11.3 Å². The fraction of sp³-hybridized carbons (Fsp3) is 0.143. The number of hydrogen-bond acceptors (Lipinski definition) is 2. The molecule has 3 heteroatoms. The van der Waals surface area contributed by atoms with Gasteiger partial charge in [0, 0.05) is 37.2 Å². The number of thiophene rings is 1. The normalized spacial score (nSPS) is 13.2. The third kappa shape index (κ3) is 3.80. The summed E-state index contributed by atoms with van der Waals surface area (Å²) in [6, 6.07) is 45.9. The van der Waals surface area contributed by atoms with E-state index < -0.39 is 0 Å². The lowest BCUT2D eigenvalue weighted by Crippen LogP contribution is -2.55. The van der Waals surface area contributed by atoms with Crippen LogP contribution < -0.4 is 21.3 Å². The smallest absolute Gasteiger partial charge is 0.248 e. The van der Waals surface area contributed by atoms with Crippen molar-refractivity contribution in [1.82, 2.24) is 0 Å². The maximum absolute atomic E-state index is 2.64. The molecule has 0 bridgehead atoms. The van der Waals surface area contributed by atoms with Crippen LogP contribution in [-0.4, -0.2) is 6.71 Å². The van der Waals surface area contributed by atoms with Crippen LogP contribution in [0.4, 0.5) is 17.1 Å². The third-order valence-electron chi connectivity index (χ3n) is 10.0. The van der Waals surface area contributed by atoms with Gasteiger partial charge in [-0.15, -0.1) is 11.3 Å². The molecule has 1 aromatic heterocycles. The van der Waals surface area contributed by atoms with Gasteiger partial charge >= 0.3 is 0 Å². The molecule has 2 aliphatic rings. The molecule has 2 aliphatic heterocycles. The zero-order valence-electron chi connectivity index (χ0n) is 26.1. The maximum Gasteiger partial charge on any atom is 0.248 e. The summed E-state index contributed by atoms with van der Waals surface area (Å²) in [7, 11) is 0. The molecule has 1 nitrogen and oxygen atoms in total. The van der Waals surface area contributed by atoms with Crippen LogP contribution in [-0.2, 0) is 0 Å². The Hall–Kier alpha value is -4.60. The summed E-state index contributed by atoms with van der Waals surface area (Å²) >= 11 is 1.89. The molecule has 216 valence electrons.